The Morgan fingerprint density at radius 1 is 0.889 bits per heavy atom. The Bertz CT molecular complexity index is 3640. The van der Waals surface area contributed by atoms with Crippen LogP contribution in [0.15, 0.2) is 64.8 Å². The first-order valence-corrected chi connectivity index (χ1v) is 28.2. The Morgan fingerprint density at radius 2 is 1.59 bits per heavy atom. The number of carbonyl (C=O) groups excluding carboxylic acids is 7. The molecule has 5 heterocycles. The number of fused-ring (bicyclic) bond motifs is 7. The van der Waals surface area contributed by atoms with Crippen LogP contribution in [0.3, 0.4) is 0 Å². The number of hydrogen-bond donors (Lipinski definition) is 7. The molecule has 23 nitrogen and oxygen atoms in total. The monoisotopic (exact) mass is 1130 g/mol. The Balaban J connectivity index is 0.747. The van der Waals surface area contributed by atoms with Crippen molar-refractivity contribution in [1.29, 1.82) is 0 Å². The number of ether oxygens (including phenoxy) is 2. The van der Waals surface area contributed by atoms with Crippen molar-refractivity contribution in [3.8, 4) is 23.2 Å². The minimum Gasteiger partial charge on any atom is -0.458 e. The van der Waals surface area contributed by atoms with Gasteiger partial charge in [0.25, 0.3) is 5.56 Å². The van der Waals surface area contributed by atoms with E-state index in [1.54, 1.807) is 43.3 Å². The number of nitrogens with zero attached hydrogens (tertiary/aromatic N) is 4. The topological polar surface area (TPSA) is 325 Å². The SMILES string of the molecule is CC[C@@]1(O)C(=O)OCc2c1cc1n(c2=O)Cc2c-1nc1cc(F)c3c(c1c2CNC(=O)[C@H](C)OCNC(=O)CNC(=O)[C@H](Cc1ccccc1)NC(=O)CNC(=O)CNC(=O)C1(CCC#Cc2cnc(S(C)(=O)=O)nc2)CC1)CCC3. The van der Waals surface area contributed by atoms with E-state index in [2.05, 4.69) is 53.7 Å². The summed E-state index contributed by atoms with van der Waals surface area (Å²) in [5.74, 6) is 0.814. The molecule has 424 valence electrons. The maximum absolute atomic E-state index is 15.5. The molecule has 2 aliphatic carbocycles. The molecule has 2 aromatic carbocycles. The zero-order valence-corrected chi connectivity index (χ0v) is 45.4. The van der Waals surface area contributed by atoms with Gasteiger partial charge < -0.3 is 51.0 Å². The summed E-state index contributed by atoms with van der Waals surface area (Å²) in [4.78, 5) is 118. The molecule has 1 saturated carbocycles. The van der Waals surface area contributed by atoms with E-state index in [0.717, 1.165) is 11.8 Å². The van der Waals surface area contributed by atoms with Crippen LogP contribution in [0.2, 0.25) is 0 Å². The number of carbonyl (C=O) groups is 7. The van der Waals surface area contributed by atoms with E-state index in [1.165, 1.54) is 30.0 Å². The number of halogens is 1. The molecule has 4 aliphatic rings. The molecular weight excluding hydrogens is 1070 g/mol. The van der Waals surface area contributed by atoms with E-state index >= 15 is 4.39 Å². The van der Waals surface area contributed by atoms with E-state index in [1.807, 2.05) is 0 Å². The van der Waals surface area contributed by atoms with Gasteiger partial charge in [0.1, 0.15) is 31.3 Å². The fourth-order valence-corrected chi connectivity index (χ4v) is 10.8. The Kier molecular flexibility index (Phi) is 16.7. The van der Waals surface area contributed by atoms with Crippen molar-refractivity contribution in [2.24, 2.45) is 5.41 Å². The number of sulfone groups is 1. The van der Waals surface area contributed by atoms with Gasteiger partial charge in [-0.3, -0.25) is 33.6 Å². The van der Waals surface area contributed by atoms with Gasteiger partial charge in [-0.2, -0.15) is 0 Å². The van der Waals surface area contributed by atoms with E-state index in [-0.39, 0.29) is 54.7 Å². The third-order valence-corrected chi connectivity index (χ3v) is 15.9. The van der Waals surface area contributed by atoms with Crippen molar-refractivity contribution in [2.75, 3.05) is 32.6 Å². The Hall–Kier alpha value is -8.47. The first-order valence-electron chi connectivity index (χ1n) is 26.4. The fourth-order valence-electron chi connectivity index (χ4n) is 10.3. The molecule has 9 rings (SSSR count). The lowest BCUT2D eigenvalue weighted by molar-refractivity contribution is -0.172. The predicted molar refractivity (Wildman–Crippen MR) is 286 cm³/mol. The maximum atomic E-state index is 15.5. The number of aryl methyl sites for hydroxylation is 1. The Morgan fingerprint density at radius 3 is 2.31 bits per heavy atom. The highest BCUT2D eigenvalue weighted by Gasteiger charge is 2.49. The number of nitrogens with one attached hydrogen (secondary N) is 6. The minimum atomic E-state index is -3.55. The third kappa shape index (κ3) is 12.5. The number of aromatic nitrogens is 4. The molecule has 2 aliphatic heterocycles. The molecule has 1 fully saturated rings. The van der Waals surface area contributed by atoms with Gasteiger partial charge in [-0.1, -0.05) is 49.1 Å². The highest BCUT2D eigenvalue weighted by Crippen LogP contribution is 2.50. The number of rotatable bonds is 21. The second kappa shape index (κ2) is 23.7. The normalized spacial score (nSPS) is 16.9. The van der Waals surface area contributed by atoms with Crippen LogP contribution in [0, 0.1) is 23.1 Å². The van der Waals surface area contributed by atoms with Gasteiger partial charge >= 0.3 is 5.97 Å². The number of hydrogen-bond acceptors (Lipinski definition) is 16. The van der Waals surface area contributed by atoms with Crippen LogP contribution in [0.1, 0.15) is 96.9 Å². The van der Waals surface area contributed by atoms with Crippen LogP contribution in [0.4, 0.5) is 4.39 Å². The number of amides is 6. The van der Waals surface area contributed by atoms with Crippen LogP contribution in [0.5, 0.6) is 0 Å². The highest BCUT2D eigenvalue weighted by atomic mass is 32.2. The zero-order valence-electron chi connectivity index (χ0n) is 44.6. The highest BCUT2D eigenvalue weighted by molar-refractivity contribution is 7.90. The van der Waals surface area contributed by atoms with Crippen molar-refractivity contribution < 1.29 is 61.0 Å². The van der Waals surface area contributed by atoms with Crippen LogP contribution < -0.4 is 37.5 Å². The molecule has 3 aromatic heterocycles. The molecule has 0 radical (unpaired) electrons. The van der Waals surface area contributed by atoms with Gasteiger partial charge in [0.2, 0.25) is 50.4 Å². The molecule has 0 saturated heterocycles. The zero-order chi connectivity index (χ0) is 57.8. The van der Waals surface area contributed by atoms with Crippen LogP contribution in [-0.2, 0) is 97.4 Å². The number of pyridine rings is 2. The van der Waals surface area contributed by atoms with Crippen molar-refractivity contribution in [3.63, 3.8) is 0 Å². The van der Waals surface area contributed by atoms with E-state index in [0.29, 0.717) is 95.1 Å². The molecule has 0 bridgehead atoms. The van der Waals surface area contributed by atoms with Crippen molar-refractivity contribution >= 4 is 62.2 Å². The molecule has 0 unspecified atom stereocenters. The summed E-state index contributed by atoms with van der Waals surface area (Å²) >= 11 is 0. The number of benzene rings is 2. The smallest absolute Gasteiger partial charge is 0.343 e. The standard InChI is InChI=1S/C56H59FN10O13S/c1-4-56(76)39-20-43-48-37(28-67(43)51(73)38(39)29-79-53(56)75)36(47-35-15-10-14-34(35)40(57)21-41(47)66-48)24-59-49(71)31(2)80-30-64-45(69)25-60-50(72)42(19-32-11-6-5-7-12-32)65-46(70)27-58-44(68)26-61-52(74)55(17-18-55)16-9-8-13-33-22-62-54(63-23-33)81(3,77)78/h5-7,11-12,20-23,31,42,76H,4,9-10,14-19,24-30H2,1-3H3,(H,58,68)(H,59,71)(H,60,72)(H,61,74)(H,64,69)(H,65,70)/t31-,42-,56-/m0/s1. The first kappa shape index (κ1) is 57.2. The lowest BCUT2D eigenvalue weighted by Crippen LogP contribution is -2.52. The summed E-state index contributed by atoms with van der Waals surface area (Å²) in [6.07, 6.45) is 6.21. The Labute approximate surface area is 463 Å². The summed E-state index contributed by atoms with van der Waals surface area (Å²) < 4.78 is 51.1. The van der Waals surface area contributed by atoms with Gasteiger partial charge in [-0.25, -0.2) is 32.6 Å². The summed E-state index contributed by atoms with van der Waals surface area (Å²) in [5.41, 5.74) is 1.65. The first-order chi connectivity index (χ1) is 38.7. The summed E-state index contributed by atoms with van der Waals surface area (Å²) in [6.45, 7) is 0.798. The van der Waals surface area contributed by atoms with Crippen molar-refractivity contribution in [3.05, 3.63) is 116 Å². The van der Waals surface area contributed by atoms with Crippen LogP contribution in [-0.4, -0.2) is 119 Å². The van der Waals surface area contributed by atoms with E-state index < -0.39 is 106 Å². The second-order valence-electron chi connectivity index (χ2n) is 20.5. The van der Waals surface area contributed by atoms with Crippen molar-refractivity contribution in [2.45, 2.75) is 114 Å². The van der Waals surface area contributed by atoms with Gasteiger partial charge in [0.05, 0.1) is 59.6 Å². The molecule has 25 heteroatoms. The third-order valence-electron chi connectivity index (χ3n) is 15.0. The molecule has 6 amide bonds. The largest absolute Gasteiger partial charge is 0.458 e. The minimum absolute atomic E-state index is 0.0289. The van der Waals surface area contributed by atoms with Gasteiger partial charge in [-0.05, 0) is 80.2 Å². The number of esters is 1. The summed E-state index contributed by atoms with van der Waals surface area (Å²) in [5, 5.41) is 27.2. The number of cyclic esters (lactones) is 1. The molecule has 3 atom stereocenters. The van der Waals surface area contributed by atoms with Crippen molar-refractivity contribution in [1.82, 2.24) is 51.4 Å². The molecule has 0 spiro atoms. The van der Waals surface area contributed by atoms with E-state index in [9.17, 15) is 51.9 Å². The van der Waals surface area contributed by atoms with Crippen LogP contribution >= 0.6 is 0 Å². The predicted octanol–water partition coefficient (Wildman–Crippen LogP) is 0.684. The quantitative estimate of drug-likeness (QED) is 0.0226. The van der Waals surface area contributed by atoms with Crippen LogP contribution in [0.25, 0.3) is 22.3 Å². The average molecular weight is 1130 g/mol. The van der Waals surface area contributed by atoms with E-state index in [4.69, 9.17) is 14.5 Å². The maximum Gasteiger partial charge on any atom is 0.343 e. The molecule has 81 heavy (non-hydrogen) atoms. The van der Waals surface area contributed by atoms with Gasteiger partial charge in [0.15, 0.2) is 5.60 Å². The average Bonchev–Trinajstić information content (AvgIpc) is 4.18. The molecule has 5 aromatic rings. The van der Waals surface area contributed by atoms with Gasteiger partial charge in [0, 0.05) is 60.6 Å². The molecule has 7 N–H and O–H groups in total. The lowest BCUT2D eigenvalue weighted by Gasteiger charge is -2.31. The summed E-state index contributed by atoms with van der Waals surface area (Å²) in [6, 6.07) is 10.5. The molecular formula is C56H59FN10O13S. The second-order valence-corrected chi connectivity index (χ2v) is 22.4. The lowest BCUT2D eigenvalue weighted by atomic mass is 9.86. The van der Waals surface area contributed by atoms with Gasteiger partial charge in [-0.15, -0.1) is 0 Å². The summed E-state index contributed by atoms with van der Waals surface area (Å²) in [7, 11) is -3.55. The fraction of sp³-hybridized carbons (Fsp3) is 0.411. The number of aliphatic hydroxyl groups is 1.